The molecule has 2 rings (SSSR count). The highest BCUT2D eigenvalue weighted by molar-refractivity contribution is 9.08. The Balaban J connectivity index is 2.50. The van der Waals surface area contributed by atoms with Gasteiger partial charge in [0.1, 0.15) is 5.75 Å². The van der Waals surface area contributed by atoms with Crippen molar-refractivity contribution in [3.63, 3.8) is 0 Å². The van der Waals surface area contributed by atoms with E-state index >= 15 is 0 Å². The van der Waals surface area contributed by atoms with Crippen LogP contribution in [0.2, 0.25) is 5.02 Å². The summed E-state index contributed by atoms with van der Waals surface area (Å²) in [5.41, 5.74) is 3.14. The zero-order valence-electron chi connectivity index (χ0n) is 10.9. The molecule has 0 aliphatic heterocycles. The van der Waals surface area contributed by atoms with Gasteiger partial charge in [-0.1, -0.05) is 45.7 Å². The maximum absolute atomic E-state index is 6.25. The molecular formula is C15H15BrClNO. The van der Waals surface area contributed by atoms with E-state index in [-0.39, 0.29) is 0 Å². The summed E-state index contributed by atoms with van der Waals surface area (Å²) in [6.07, 6.45) is 0. The van der Waals surface area contributed by atoms with E-state index in [1.807, 2.05) is 43.4 Å². The van der Waals surface area contributed by atoms with Crippen LogP contribution in [0.5, 0.6) is 5.75 Å². The number of nitrogens with zero attached hydrogens (tertiary/aromatic N) is 1. The highest BCUT2D eigenvalue weighted by Gasteiger charge is 2.14. The van der Waals surface area contributed by atoms with Crippen LogP contribution in [0.4, 0.5) is 11.4 Å². The fourth-order valence-corrected chi connectivity index (χ4v) is 3.02. The highest BCUT2D eigenvalue weighted by Crippen LogP contribution is 2.36. The van der Waals surface area contributed by atoms with E-state index in [0.717, 1.165) is 27.7 Å². The molecule has 0 aliphatic rings. The fourth-order valence-electron chi connectivity index (χ4n) is 2.03. The van der Waals surface area contributed by atoms with Crippen LogP contribution in [-0.2, 0) is 5.33 Å². The van der Waals surface area contributed by atoms with Gasteiger partial charge in [0.05, 0.1) is 12.8 Å². The Kier molecular flexibility index (Phi) is 4.72. The predicted octanol–water partition coefficient (Wildman–Crippen LogP) is 5.01. The molecule has 2 aromatic rings. The Morgan fingerprint density at radius 1 is 1.11 bits per heavy atom. The van der Waals surface area contributed by atoms with Crippen LogP contribution >= 0.6 is 27.5 Å². The first kappa shape index (κ1) is 14.2. The molecule has 0 heterocycles. The standard InChI is InChI=1S/C15H15BrClNO/c1-18(14-7-3-4-9-15(14)19-2)13-8-5-6-12(17)11(13)10-16/h3-9H,10H2,1-2H3. The number of hydrogen-bond acceptors (Lipinski definition) is 2. The lowest BCUT2D eigenvalue weighted by molar-refractivity contribution is 0.415. The molecule has 2 nitrogen and oxygen atoms in total. The van der Waals surface area contributed by atoms with Crippen molar-refractivity contribution in [3.8, 4) is 5.75 Å². The molecule has 2 aromatic carbocycles. The second-order valence-corrected chi connectivity index (χ2v) is 5.07. The van der Waals surface area contributed by atoms with E-state index in [9.17, 15) is 0 Å². The summed E-state index contributed by atoms with van der Waals surface area (Å²) in [5.74, 6) is 0.838. The summed E-state index contributed by atoms with van der Waals surface area (Å²) in [5, 5.41) is 1.47. The average molecular weight is 341 g/mol. The maximum atomic E-state index is 6.25. The van der Waals surface area contributed by atoms with Gasteiger partial charge in [-0.3, -0.25) is 0 Å². The summed E-state index contributed by atoms with van der Waals surface area (Å²) in [6, 6.07) is 13.8. The van der Waals surface area contributed by atoms with Gasteiger partial charge in [-0.25, -0.2) is 0 Å². The molecule has 0 aliphatic carbocycles. The van der Waals surface area contributed by atoms with Gasteiger partial charge in [0.25, 0.3) is 0 Å². The van der Waals surface area contributed by atoms with Crippen molar-refractivity contribution in [2.75, 3.05) is 19.1 Å². The van der Waals surface area contributed by atoms with Crippen LogP contribution in [0.3, 0.4) is 0 Å². The van der Waals surface area contributed by atoms with Crippen molar-refractivity contribution < 1.29 is 4.74 Å². The molecule has 19 heavy (non-hydrogen) atoms. The summed E-state index contributed by atoms with van der Waals surface area (Å²) in [7, 11) is 3.69. The SMILES string of the molecule is COc1ccccc1N(C)c1cccc(Cl)c1CBr. The first-order valence-electron chi connectivity index (χ1n) is 5.89. The molecule has 0 unspecified atom stereocenters. The number of rotatable bonds is 4. The van der Waals surface area contributed by atoms with Crippen molar-refractivity contribution in [2.24, 2.45) is 0 Å². The predicted molar refractivity (Wildman–Crippen MR) is 85.1 cm³/mol. The van der Waals surface area contributed by atoms with Crippen molar-refractivity contribution in [1.82, 2.24) is 0 Å². The van der Waals surface area contributed by atoms with Gasteiger partial charge in [0.2, 0.25) is 0 Å². The lowest BCUT2D eigenvalue weighted by Gasteiger charge is -2.24. The van der Waals surface area contributed by atoms with E-state index in [0.29, 0.717) is 5.33 Å². The van der Waals surface area contributed by atoms with Crippen molar-refractivity contribution in [1.29, 1.82) is 0 Å². The van der Waals surface area contributed by atoms with Crippen LogP contribution in [0.1, 0.15) is 5.56 Å². The Morgan fingerprint density at radius 3 is 2.47 bits per heavy atom. The van der Waals surface area contributed by atoms with Gasteiger partial charge in [0, 0.05) is 28.7 Å². The number of anilines is 2. The average Bonchev–Trinajstić information content (AvgIpc) is 2.46. The molecule has 0 N–H and O–H groups in total. The normalized spacial score (nSPS) is 10.3. The topological polar surface area (TPSA) is 12.5 Å². The molecule has 0 bridgehead atoms. The largest absolute Gasteiger partial charge is 0.495 e. The third kappa shape index (κ3) is 2.88. The van der Waals surface area contributed by atoms with Gasteiger partial charge in [-0.05, 0) is 24.3 Å². The zero-order chi connectivity index (χ0) is 13.8. The fraction of sp³-hybridized carbons (Fsp3) is 0.200. The second kappa shape index (κ2) is 6.31. The summed E-state index contributed by atoms with van der Waals surface area (Å²) >= 11 is 9.74. The second-order valence-electron chi connectivity index (χ2n) is 4.10. The highest BCUT2D eigenvalue weighted by atomic mass is 79.9. The number of hydrogen-bond donors (Lipinski definition) is 0. The molecular weight excluding hydrogens is 326 g/mol. The van der Waals surface area contributed by atoms with E-state index in [1.165, 1.54) is 0 Å². The van der Waals surface area contributed by atoms with E-state index < -0.39 is 0 Å². The number of halogens is 2. The van der Waals surface area contributed by atoms with E-state index in [4.69, 9.17) is 16.3 Å². The number of alkyl halides is 1. The smallest absolute Gasteiger partial charge is 0.142 e. The van der Waals surface area contributed by atoms with E-state index in [1.54, 1.807) is 7.11 Å². The number of benzene rings is 2. The molecule has 0 saturated heterocycles. The van der Waals surface area contributed by atoms with Gasteiger partial charge in [-0.2, -0.15) is 0 Å². The Labute approximate surface area is 127 Å². The minimum atomic E-state index is 0.710. The molecule has 0 amide bonds. The zero-order valence-corrected chi connectivity index (χ0v) is 13.2. The Bertz CT molecular complexity index is 574. The lowest BCUT2D eigenvalue weighted by atomic mass is 10.1. The Hall–Kier alpha value is -1.19. The molecule has 0 saturated carbocycles. The number of ether oxygens (including phenoxy) is 1. The van der Waals surface area contributed by atoms with Gasteiger partial charge in [-0.15, -0.1) is 0 Å². The van der Waals surface area contributed by atoms with Crippen LogP contribution < -0.4 is 9.64 Å². The molecule has 0 atom stereocenters. The minimum Gasteiger partial charge on any atom is -0.495 e. The Morgan fingerprint density at radius 2 is 1.79 bits per heavy atom. The van der Waals surface area contributed by atoms with Gasteiger partial charge in [0.15, 0.2) is 0 Å². The van der Waals surface area contributed by atoms with Crippen molar-refractivity contribution in [3.05, 3.63) is 53.1 Å². The number of para-hydroxylation sites is 2. The summed E-state index contributed by atoms with van der Waals surface area (Å²) in [6.45, 7) is 0. The summed E-state index contributed by atoms with van der Waals surface area (Å²) < 4.78 is 5.41. The monoisotopic (exact) mass is 339 g/mol. The molecule has 100 valence electrons. The molecule has 0 radical (unpaired) electrons. The molecule has 4 heteroatoms. The molecule has 0 spiro atoms. The van der Waals surface area contributed by atoms with Crippen LogP contribution in [0.15, 0.2) is 42.5 Å². The third-order valence-electron chi connectivity index (χ3n) is 3.04. The minimum absolute atomic E-state index is 0.710. The first-order valence-corrected chi connectivity index (χ1v) is 7.39. The van der Waals surface area contributed by atoms with Crippen molar-refractivity contribution >= 4 is 38.9 Å². The third-order valence-corrected chi connectivity index (χ3v) is 3.95. The summed E-state index contributed by atoms with van der Waals surface area (Å²) in [4.78, 5) is 2.08. The molecule has 0 aromatic heterocycles. The first-order chi connectivity index (χ1) is 9.19. The maximum Gasteiger partial charge on any atom is 0.142 e. The van der Waals surface area contributed by atoms with Crippen LogP contribution in [-0.4, -0.2) is 14.2 Å². The van der Waals surface area contributed by atoms with Crippen molar-refractivity contribution in [2.45, 2.75) is 5.33 Å². The van der Waals surface area contributed by atoms with Crippen LogP contribution in [0.25, 0.3) is 0 Å². The van der Waals surface area contributed by atoms with E-state index in [2.05, 4.69) is 26.9 Å². The lowest BCUT2D eigenvalue weighted by Crippen LogP contribution is -2.12. The number of methoxy groups -OCH3 is 1. The van der Waals surface area contributed by atoms with Gasteiger partial charge >= 0.3 is 0 Å². The molecule has 0 fully saturated rings. The van der Waals surface area contributed by atoms with Crippen LogP contribution in [0, 0.1) is 0 Å². The quantitative estimate of drug-likeness (QED) is 0.725. The van der Waals surface area contributed by atoms with Gasteiger partial charge < -0.3 is 9.64 Å².